The number of hydrogen-bond acceptors (Lipinski definition) is 2. The van der Waals surface area contributed by atoms with Crippen molar-refractivity contribution in [3.8, 4) is 0 Å². The molecule has 1 fully saturated rings. The van der Waals surface area contributed by atoms with Crippen molar-refractivity contribution in [2.75, 3.05) is 19.8 Å². The van der Waals surface area contributed by atoms with Crippen molar-refractivity contribution < 1.29 is 4.74 Å². The van der Waals surface area contributed by atoms with Gasteiger partial charge in [0.2, 0.25) is 0 Å². The van der Waals surface area contributed by atoms with Gasteiger partial charge in [0.15, 0.2) is 0 Å². The van der Waals surface area contributed by atoms with Gasteiger partial charge in [-0.25, -0.2) is 0 Å². The van der Waals surface area contributed by atoms with Crippen LogP contribution in [-0.2, 0) is 4.74 Å². The first-order valence-corrected chi connectivity index (χ1v) is 5.44. The second kappa shape index (κ2) is 4.77. The van der Waals surface area contributed by atoms with Crippen LogP contribution in [0.4, 0.5) is 0 Å². The maximum Gasteiger partial charge on any atom is 0.0689 e. The van der Waals surface area contributed by atoms with E-state index >= 15 is 0 Å². The van der Waals surface area contributed by atoms with Gasteiger partial charge in [-0.1, -0.05) is 18.9 Å². The number of ether oxygens (including phenoxy) is 1. The lowest BCUT2D eigenvalue weighted by atomic mass is 10.1. The lowest BCUT2D eigenvalue weighted by molar-refractivity contribution is 0.148. The molecule has 0 amide bonds. The van der Waals surface area contributed by atoms with E-state index in [1.807, 2.05) is 0 Å². The first kappa shape index (κ1) is 9.22. The predicted molar refractivity (Wildman–Crippen MR) is 53.8 cm³/mol. The van der Waals surface area contributed by atoms with Crippen molar-refractivity contribution in [2.24, 2.45) is 0 Å². The zero-order valence-electron chi connectivity index (χ0n) is 8.22. The topological polar surface area (TPSA) is 21.3 Å². The summed E-state index contributed by atoms with van der Waals surface area (Å²) in [6.07, 6.45) is 8.98. The fourth-order valence-corrected chi connectivity index (χ4v) is 2.14. The first-order valence-electron chi connectivity index (χ1n) is 5.44. The molecule has 0 radical (unpaired) electrons. The molecule has 74 valence electrons. The Balaban J connectivity index is 1.68. The summed E-state index contributed by atoms with van der Waals surface area (Å²) >= 11 is 0. The van der Waals surface area contributed by atoms with Gasteiger partial charge in [0.25, 0.3) is 0 Å². The normalized spacial score (nSPS) is 24.8. The van der Waals surface area contributed by atoms with E-state index in [1.54, 1.807) is 0 Å². The highest BCUT2D eigenvalue weighted by atomic mass is 16.5. The molecule has 1 N–H and O–H groups in total. The molecule has 0 spiro atoms. The van der Waals surface area contributed by atoms with Gasteiger partial charge in [-0.2, -0.15) is 0 Å². The van der Waals surface area contributed by atoms with Crippen molar-refractivity contribution in [3.63, 3.8) is 0 Å². The minimum Gasteiger partial charge on any atom is -0.377 e. The maximum absolute atomic E-state index is 5.39. The molecule has 0 aromatic heterocycles. The van der Waals surface area contributed by atoms with E-state index in [-0.39, 0.29) is 0 Å². The summed E-state index contributed by atoms with van der Waals surface area (Å²) < 4.78 is 5.39. The number of hydrogen-bond donors (Lipinski definition) is 1. The third kappa shape index (κ3) is 2.82. The minimum atomic E-state index is 0.780. The van der Waals surface area contributed by atoms with Gasteiger partial charge < -0.3 is 10.1 Å². The Morgan fingerprint density at radius 1 is 1.38 bits per heavy atom. The highest BCUT2D eigenvalue weighted by molar-refractivity contribution is 5.07. The van der Waals surface area contributed by atoms with Gasteiger partial charge in [-0.3, -0.25) is 0 Å². The second-order valence-corrected chi connectivity index (χ2v) is 4.07. The van der Waals surface area contributed by atoms with Gasteiger partial charge in [0, 0.05) is 12.6 Å². The monoisotopic (exact) mass is 181 g/mol. The van der Waals surface area contributed by atoms with Crippen molar-refractivity contribution in [3.05, 3.63) is 11.6 Å². The lowest BCUT2D eigenvalue weighted by Crippen LogP contribution is -2.29. The lowest BCUT2D eigenvalue weighted by Gasteiger charge is -2.17. The molecule has 0 aromatic carbocycles. The third-order valence-electron chi connectivity index (χ3n) is 2.96. The van der Waals surface area contributed by atoms with E-state index in [2.05, 4.69) is 11.4 Å². The van der Waals surface area contributed by atoms with E-state index in [4.69, 9.17) is 4.74 Å². The molecule has 1 aliphatic heterocycles. The molecule has 2 nitrogen and oxygen atoms in total. The fraction of sp³-hybridized carbons (Fsp3) is 0.818. The average Bonchev–Trinajstić information content (AvgIpc) is 2.69. The fourth-order valence-electron chi connectivity index (χ4n) is 2.14. The van der Waals surface area contributed by atoms with Gasteiger partial charge in [0.1, 0.15) is 0 Å². The van der Waals surface area contributed by atoms with Gasteiger partial charge in [-0.05, 0) is 24.8 Å². The Bertz CT molecular complexity index is 183. The van der Waals surface area contributed by atoms with Gasteiger partial charge >= 0.3 is 0 Å². The maximum atomic E-state index is 5.39. The average molecular weight is 181 g/mol. The quantitative estimate of drug-likeness (QED) is 0.671. The summed E-state index contributed by atoms with van der Waals surface area (Å²) in [7, 11) is 0. The minimum absolute atomic E-state index is 0.780. The summed E-state index contributed by atoms with van der Waals surface area (Å²) in [5.41, 5.74) is 1.44. The van der Waals surface area contributed by atoms with Crippen molar-refractivity contribution >= 4 is 0 Å². The van der Waals surface area contributed by atoms with Gasteiger partial charge in [0.05, 0.1) is 13.2 Å². The summed E-state index contributed by atoms with van der Waals surface area (Å²) in [5, 5.41) is 3.60. The van der Waals surface area contributed by atoms with Crippen LogP contribution in [0.1, 0.15) is 32.1 Å². The molecule has 1 aliphatic carbocycles. The van der Waals surface area contributed by atoms with Crippen LogP contribution >= 0.6 is 0 Å². The molecule has 2 rings (SSSR count). The van der Waals surface area contributed by atoms with Crippen molar-refractivity contribution in [1.82, 2.24) is 5.32 Å². The molecule has 0 atom stereocenters. The van der Waals surface area contributed by atoms with Crippen LogP contribution in [0.5, 0.6) is 0 Å². The molecular formula is C11H19NO. The molecule has 2 heteroatoms. The summed E-state index contributed by atoms with van der Waals surface area (Å²) in [6.45, 7) is 2.80. The van der Waals surface area contributed by atoms with Crippen molar-refractivity contribution in [1.29, 1.82) is 0 Å². The van der Waals surface area contributed by atoms with Crippen LogP contribution in [0.25, 0.3) is 0 Å². The van der Waals surface area contributed by atoms with E-state index < -0.39 is 0 Å². The van der Waals surface area contributed by atoms with Crippen LogP contribution in [0.3, 0.4) is 0 Å². The van der Waals surface area contributed by atoms with E-state index in [1.165, 1.54) is 31.3 Å². The molecule has 0 unspecified atom stereocenters. The highest BCUT2D eigenvalue weighted by Crippen LogP contribution is 2.17. The number of nitrogens with one attached hydrogen (secondary N) is 1. The Hall–Kier alpha value is -0.340. The van der Waals surface area contributed by atoms with Crippen LogP contribution < -0.4 is 5.32 Å². The molecule has 13 heavy (non-hydrogen) atoms. The Morgan fingerprint density at radius 2 is 2.23 bits per heavy atom. The van der Waals surface area contributed by atoms with E-state index in [9.17, 15) is 0 Å². The zero-order chi connectivity index (χ0) is 8.93. The standard InChI is InChI=1S/C11H19NO/c1-2-6-11(5-1)12-8-10-4-3-7-13-9-10/h4,11-12H,1-3,5-9H2. The molecule has 1 saturated carbocycles. The Labute approximate surface area is 80.4 Å². The Kier molecular flexibility index (Phi) is 3.39. The van der Waals surface area contributed by atoms with Crippen LogP contribution in [0, 0.1) is 0 Å². The second-order valence-electron chi connectivity index (χ2n) is 4.07. The van der Waals surface area contributed by atoms with Crippen molar-refractivity contribution in [2.45, 2.75) is 38.1 Å². The van der Waals surface area contributed by atoms with E-state index in [0.717, 1.165) is 32.2 Å². The third-order valence-corrected chi connectivity index (χ3v) is 2.96. The molecule has 2 aliphatic rings. The Morgan fingerprint density at radius 3 is 2.92 bits per heavy atom. The summed E-state index contributed by atoms with van der Waals surface area (Å²) in [5.74, 6) is 0. The molecule has 0 saturated heterocycles. The first-order chi connectivity index (χ1) is 6.45. The van der Waals surface area contributed by atoms with Crippen LogP contribution in [0.15, 0.2) is 11.6 Å². The molecule has 0 bridgehead atoms. The molecular weight excluding hydrogens is 162 g/mol. The zero-order valence-corrected chi connectivity index (χ0v) is 8.22. The predicted octanol–water partition coefficient (Wildman–Crippen LogP) is 1.87. The summed E-state index contributed by atoms with van der Waals surface area (Å²) in [4.78, 5) is 0. The van der Waals surface area contributed by atoms with Crippen LogP contribution in [0.2, 0.25) is 0 Å². The SMILES string of the molecule is C1=C(CNC2CCCC2)COCC1. The molecule has 1 heterocycles. The molecule has 0 aromatic rings. The smallest absolute Gasteiger partial charge is 0.0689 e. The van der Waals surface area contributed by atoms with E-state index in [0.29, 0.717) is 0 Å². The largest absolute Gasteiger partial charge is 0.377 e. The van der Waals surface area contributed by atoms with Crippen LogP contribution in [-0.4, -0.2) is 25.8 Å². The van der Waals surface area contributed by atoms with Gasteiger partial charge in [-0.15, -0.1) is 0 Å². The number of rotatable bonds is 3. The highest BCUT2D eigenvalue weighted by Gasteiger charge is 2.14. The summed E-state index contributed by atoms with van der Waals surface area (Å²) in [6, 6.07) is 0.780.